The monoisotopic (exact) mass is 1310 g/mol. The lowest BCUT2D eigenvalue weighted by Gasteiger charge is -1.74. The van der Waals surface area contributed by atoms with Crippen molar-refractivity contribution in [3.8, 4) is 0 Å². The normalized spacial score (nSPS) is 8.00. The van der Waals surface area contributed by atoms with E-state index in [2.05, 4.69) is 146 Å². The van der Waals surface area contributed by atoms with E-state index < -0.39 is 0 Å². The highest BCUT2D eigenvalue weighted by molar-refractivity contribution is 7.11. The minimum absolute atomic E-state index is 0.623. The maximum atomic E-state index is 4.86. The third-order valence-corrected chi connectivity index (χ3v) is 7.86. The first kappa shape index (κ1) is 98.5. The molecule has 33 heteroatoms. The molecule has 12 heterocycles. The number of hydrogen-bond donors (Lipinski definition) is 6. The maximum absolute atomic E-state index is 4.86. The zero-order valence-electron chi connectivity index (χ0n) is 61.4. The summed E-state index contributed by atoms with van der Waals surface area (Å²) in [6.07, 6.45) is 17.9. The average molecular weight is 1310 g/mol. The molecule has 520 valence electrons. The van der Waals surface area contributed by atoms with E-state index in [0.717, 1.165) is 38.9 Å². The first-order chi connectivity index (χ1) is 44.3. The molecule has 0 saturated carbocycles. The molecule has 0 bridgehead atoms. The van der Waals surface area contributed by atoms with Crippen LogP contribution >= 0.6 is 11.3 Å². The van der Waals surface area contributed by atoms with Crippen LogP contribution in [-0.4, -0.2) is 146 Å². The predicted octanol–water partition coefficient (Wildman–Crippen LogP) is 13.5. The second-order valence-corrected chi connectivity index (χ2v) is 16.0. The van der Waals surface area contributed by atoms with Crippen molar-refractivity contribution in [2.75, 3.05) is 0 Å². The van der Waals surface area contributed by atoms with Crippen LogP contribution in [0.5, 0.6) is 0 Å². The van der Waals surface area contributed by atoms with Gasteiger partial charge in [-0.25, -0.2) is 19.9 Å². The standard InChI is InChI=1S/3C4H6N2O.C4H6N2S.3C4H6N2.5C3H5N3.8C2H6/c1-3-5-6-4(2)7-3;2*1-3-5-4(2)7-6-3;1-3-5-6-4(2)7-3;1-4-2-5-6-3-4;2*1-4-2-3-5-6-4;1-6-2-4-5-3-6;1-6-3-4-2-5-6;3*1-3-4-2-5-6-3;8*1-2/h4*1-2H3;3*2-3H,1H3,(H,5,6);2*2-3H,1H3;3*2H,1H3,(H,4,5,6);8*1-2H3. The molecule has 92 heavy (non-hydrogen) atoms. The highest BCUT2D eigenvalue weighted by Crippen LogP contribution is 2.04. The highest BCUT2D eigenvalue weighted by Gasteiger charge is 1.92. The minimum atomic E-state index is 0.623. The van der Waals surface area contributed by atoms with E-state index in [9.17, 15) is 0 Å². The van der Waals surface area contributed by atoms with Crippen molar-refractivity contribution >= 4 is 11.3 Å². The van der Waals surface area contributed by atoms with Crippen molar-refractivity contribution in [1.29, 1.82) is 0 Å². The molecule has 0 aliphatic carbocycles. The number of hydrogen-bond acceptors (Lipinski definition) is 25. The third kappa shape index (κ3) is 74.6. The van der Waals surface area contributed by atoms with Gasteiger partial charge in [0, 0.05) is 71.8 Å². The molecule has 0 spiro atoms. The molecule has 0 aliphatic heterocycles. The molecule has 0 aromatic carbocycles. The Kier molecular flexibility index (Phi) is 82.9. The Morgan fingerprint density at radius 3 is 0.870 bits per heavy atom. The van der Waals surface area contributed by atoms with Gasteiger partial charge in [0.05, 0.1) is 6.20 Å². The first-order valence-corrected chi connectivity index (χ1v) is 31.1. The van der Waals surface area contributed by atoms with Crippen molar-refractivity contribution in [2.24, 2.45) is 14.1 Å². The summed E-state index contributed by atoms with van der Waals surface area (Å²) in [6.45, 7) is 58.0. The average Bonchev–Trinajstić information content (AvgIpc) is 4.54. The summed E-state index contributed by atoms with van der Waals surface area (Å²) in [5, 5.41) is 72.6. The lowest BCUT2D eigenvalue weighted by molar-refractivity contribution is 0.389. The van der Waals surface area contributed by atoms with Crippen LogP contribution in [0.15, 0.2) is 94.7 Å². The number of aromatic amines is 6. The van der Waals surface area contributed by atoms with Crippen LogP contribution in [0.1, 0.15) is 190 Å². The summed E-state index contributed by atoms with van der Waals surface area (Å²) in [7, 11) is 3.70. The van der Waals surface area contributed by atoms with Crippen molar-refractivity contribution in [1.82, 2.24) is 146 Å². The smallest absolute Gasteiger partial charge is 0.223 e. The molecule has 12 rings (SSSR count). The Morgan fingerprint density at radius 1 is 0.413 bits per heavy atom. The van der Waals surface area contributed by atoms with Gasteiger partial charge < -0.3 is 18.0 Å². The Hall–Kier alpha value is -9.69. The van der Waals surface area contributed by atoms with Crippen LogP contribution < -0.4 is 0 Å². The fourth-order valence-electron chi connectivity index (χ4n) is 3.88. The van der Waals surface area contributed by atoms with Crippen molar-refractivity contribution in [3.63, 3.8) is 0 Å². The van der Waals surface area contributed by atoms with E-state index >= 15 is 0 Å². The van der Waals surface area contributed by atoms with Gasteiger partial charge in [0.2, 0.25) is 23.6 Å². The number of rotatable bonds is 0. The summed E-state index contributed by atoms with van der Waals surface area (Å²) in [6, 6.07) is 3.83. The lowest BCUT2D eigenvalue weighted by Crippen LogP contribution is -1.83. The van der Waals surface area contributed by atoms with Crippen LogP contribution in [0.25, 0.3) is 0 Å². The molecular formula is C59H115N29O3S. The van der Waals surface area contributed by atoms with Crippen molar-refractivity contribution in [3.05, 3.63) is 161 Å². The molecule has 0 atom stereocenters. The molecule has 0 aliphatic rings. The second kappa shape index (κ2) is 77.4. The number of H-pyrrole nitrogens is 6. The van der Waals surface area contributed by atoms with Gasteiger partial charge in [-0.15, -0.1) is 41.9 Å². The minimum Gasteiger partial charge on any atom is -0.426 e. The van der Waals surface area contributed by atoms with Gasteiger partial charge in [-0.05, 0) is 86.9 Å². The summed E-state index contributed by atoms with van der Waals surface area (Å²) >= 11 is 1.62. The predicted molar refractivity (Wildman–Crippen MR) is 367 cm³/mol. The number of aromatic nitrogens is 29. The van der Waals surface area contributed by atoms with Gasteiger partial charge >= 0.3 is 0 Å². The van der Waals surface area contributed by atoms with E-state index in [-0.39, 0.29) is 0 Å². The number of nitrogens with one attached hydrogen (secondary N) is 6. The molecule has 32 nitrogen and oxygen atoms in total. The number of aryl methyl sites for hydroxylation is 16. The Morgan fingerprint density at radius 2 is 0.783 bits per heavy atom. The molecule has 12 aromatic rings. The first-order valence-electron chi connectivity index (χ1n) is 30.3. The van der Waals surface area contributed by atoms with Crippen LogP contribution in [0.4, 0.5) is 0 Å². The van der Waals surface area contributed by atoms with Gasteiger partial charge in [-0.3, -0.25) is 35.3 Å². The van der Waals surface area contributed by atoms with Crippen LogP contribution in [-0.2, 0) is 14.1 Å². The zero-order chi connectivity index (χ0) is 72.4. The summed E-state index contributed by atoms with van der Waals surface area (Å²) in [5.74, 6) is 6.44. The van der Waals surface area contributed by atoms with Crippen molar-refractivity contribution < 1.29 is 13.5 Å². The molecule has 0 radical (unpaired) electrons. The van der Waals surface area contributed by atoms with E-state index in [1.54, 1.807) is 99.7 Å². The number of nitrogens with zero attached hydrogens (tertiary/aromatic N) is 23. The molecule has 6 N–H and O–H groups in total. The fourth-order valence-corrected chi connectivity index (χ4v) is 4.47. The summed E-state index contributed by atoms with van der Waals surface area (Å²) in [4.78, 5) is 22.6. The van der Waals surface area contributed by atoms with Crippen LogP contribution in [0.3, 0.4) is 0 Å². The highest BCUT2D eigenvalue weighted by atomic mass is 32.1. The van der Waals surface area contributed by atoms with Gasteiger partial charge in [-0.2, -0.15) is 45.7 Å². The van der Waals surface area contributed by atoms with E-state index in [1.165, 1.54) is 30.9 Å². The summed E-state index contributed by atoms with van der Waals surface area (Å²) in [5.41, 5.74) is 3.39. The summed E-state index contributed by atoms with van der Waals surface area (Å²) < 4.78 is 17.5. The van der Waals surface area contributed by atoms with Crippen LogP contribution in [0.2, 0.25) is 0 Å². The van der Waals surface area contributed by atoms with Gasteiger partial charge in [0.25, 0.3) is 0 Å². The van der Waals surface area contributed by atoms with E-state index in [1.807, 2.05) is 199 Å². The van der Waals surface area contributed by atoms with E-state index in [4.69, 9.17) is 4.42 Å². The molecule has 0 saturated heterocycles. The molecule has 12 aromatic heterocycles. The largest absolute Gasteiger partial charge is 0.426 e. The molecule has 0 fully saturated rings. The van der Waals surface area contributed by atoms with Gasteiger partial charge in [0.1, 0.15) is 71.8 Å². The Labute approximate surface area is 551 Å². The van der Waals surface area contributed by atoms with Crippen molar-refractivity contribution in [2.45, 2.75) is 208 Å². The van der Waals surface area contributed by atoms with Gasteiger partial charge in [-0.1, -0.05) is 121 Å². The molecule has 0 amide bonds. The maximum Gasteiger partial charge on any atom is 0.223 e. The third-order valence-electron chi connectivity index (χ3n) is 7.10. The molecule has 0 unspecified atom stereocenters. The quantitative estimate of drug-likeness (QED) is 0.0821. The fraction of sp³-hybridized carbons (Fsp3) is 0.542. The lowest BCUT2D eigenvalue weighted by atomic mass is 10.4. The Balaban J connectivity index is -0.000000137. The SMILES string of the molecule is CC.CC.CC.CC.CC.CC.CC.CC.Cc1ccn[nH]1.Cc1ccn[nH]1.Cc1cn[nH]c1.Cc1ncn[nH]1.Cc1ncn[nH]1.Cc1ncn[nH]1.Cc1nnc(C)o1.Cc1nnc(C)s1.Cc1noc(C)n1.Cc1noc(C)n1.Cn1cncn1.Cn1cnnc1. The zero-order valence-corrected chi connectivity index (χ0v) is 62.2. The second-order valence-electron chi connectivity index (χ2n) is 14.6. The van der Waals surface area contributed by atoms with E-state index in [0.29, 0.717) is 35.2 Å². The Bertz CT molecular complexity index is 2400. The van der Waals surface area contributed by atoms with Gasteiger partial charge in [0.15, 0.2) is 11.6 Å². The molecular weight excluding hydrogens is 1190 g/mol. The van der Waals surface area contributed by atoms with Crippen LogP contribution in [0, 0.1) is 96.9 Å². The topological polar surface area (TPSA) is 415 Å².